The van der Waals surface area contributed by atoms with Crippen molar-refractivity contribution in [3.8, 4) is 11.5 Å². The Kier molecular flexibility index (Phi) is 10.5. The van der Waals surface area contributed by atoms with E-state index in [-0.39, 0.29) is 11.4 Å². The van der Waals surface area contributed by atoms with Gasteiger partial charge >= 0.3 is 11.9 Å². The minimum absolute atomic E-state index is 0.0344. The molecule has 34 heavy (non-hydrogen) atoms. The molecular formula is C27H28O7. The number of aryl methyl sites for hydroxylation is 1. The van der Waals surface area contributed by atoms with Gasteiger partial charge in [-0.15, -0.1) is 0 Å². The number of rotatable bonds is 13. The first-order chi connectivity index (χ1) is 16.3. The molecular weight excluding hydrogens is 436 g/mol. The van der Waals surface area contributed by atoms with E-state index in [0.717, 1.165) is 23.6 Å². The summed E-state index contributed by atoms with van der Waals surface area (Å²) < 4.78 is 15.7. The molecule has 0 radical (unpaired) electrons. The predicted octanol–water partition coefficient (Wildman–Crippen LogP) is 4.23. The molecule has 0 heterocycles. The number of benzene rings is 2. The Bertz CT molecular complexity index is 1060. The molecule has 7 heteroatoms. The van der Waals surface area contributed by atoms with Gasteiger partial charge in [0.2, 0.25) is 0 Å². The number of hydrogen-bond donors (Lipinski definition) is 1. The monoisotopic (exact) mass is 464 g/mol. The van der Waals surface area contributed by atoms with Gasteiger partial charge in [0.25, 0.3) is 0 Å². The van der Waals surface area contributed by atoms with Gasteiger partial charge in [-0.05, 0) is 67.3 Å². The van der Waals surface area contributed by atoms with Crippen LogP contribution in [0.25, 0.3) is 6.08 Å². The Balaban J connectivity index is 1.86. The molecule has 0 aromatic heterocycles. The van der Waals surface area contributed by atoms with Gasteiger partial charge in [0.15, 0.2) is 5.78 Å². The highest BCUT2D eigenvalue weighted by Gasteiger charge is 2.09. The first-order valence-corrected chi connectivity index (χ1v) is 10.7. The summed E-state index contributed by atoms with van der Waals surface area (Å²) in [5.41, 5.74) is 2.07. The minimum Gasteiger partial charge on any atom is -0.494 e. The van der Waals surface area contributed by atoms with Crippen LogP contribution in [0.5, 0.6) is 11.5 Å². The molecule has 0 unspecified atom stereocenters. The summed E-state index contributed by atoms with van der Waals surface area (Å²) in [6, 6.07) is 11.9. The molecule has 0 bridgehead atoms. The molecule has 0 aliphatic carbocycles. The second kappa shape index (κ2) is 13.5. The Morgan fingerprint density at radius 1 is 1.00 bits per heavy atom. The Morgan fingerprint density at radius 3 is 2.32 bits per heavy atom. The van der Waals surface area contributed by atoms with Crippen molar-refractivity contribution >= 4 is 23.8 Å². The lowest BCUT2D eigenvalue weighted by molar-refractivity contribution is -0.138. The van der Waals surface area contributed by atoms with E-state index in [0.29, 0.717) is 36.7 Å². The van der Waals surface area contributed by atoms with E-state index < -0.39 is 18.5 Å². The third kappa shape index (κ3) is 8.52. The number of carbonyl (C=O) groups excluding carboxylic acids is 3. The van der Waals surface area contributed by atoms with Gasteiger partial charge in [-0.2, -0.15) is 0 Å². The van der Waals surface area contributed by atoms with E-state index in [9.17, 15) is 14.4 Å². The first-order valence-electron chi connectivity index (χ1n) is 10.7. The van der Waals surface area contributed by atoms with Crippen LogP contribution in [-0.4, -0.2) is 42.6 Å². The predicted molar refractivity (Wildman–Crippen MR) is 129 cm³/mol. The molecule has 2 aromatic rings. The molecule has 0 saturated heterocycles. The van der Waals surface area contributed by atoms with Crippen molar-refractivity contribution in [2.24, 2.45) is 0 Å². The fourth-order valence-corrected chi connectivity index (χ4v) is 2.78. The van der Waals surface area contributed by atoms with Crippen LogP contribution < -0.4 is 9.47 Å². The van der Waals surface area contributed by atoms with Crippen LogP contribution in [-0.2, 0) is 14.3 Å². The number of esters is 2. The quantitative estimate of drug-likeness (QED) is 0.156. The Labute approximate surface area is 199 Å². The van der Waals surface area contributed by atoms with Gasteiger partial charge in [0.1, 0.15) is 11.5 Å². The van der Waals surface area contributed by atoms with Crippen molar-refractivity contribution < 1.29 is 33.7 Å². The van der Waals surface area contributed by atoms with Crippen LogP contribution in [0.4, 0.5) is 0 Å². The highest BCUT2D eigenvalue weighted by atomic mass is 16.5. The number of allylic oxidation sites excluding steroid dienone is 1. The number of ketones is 1. The molecule has 1 N–H and O–H groups in total. The molecule has 0 fully saturated rings. The molecule has 0 spiro atoms. The van der Waals surface area contributed by atoms with Gasteiger partial charge < -0.3 is 19.3 Å². The molecule has 0 saturated carbocycles. The van der Waals surface area contributed by atoms with Crippen LogP contribution in [0.15, 0.2) is 73.3 Å². The van der Waals surface area contributed by atoms with Crippen molar-refractivity contribution in [3.05, 3.63) is 90.0 Å². The van der Waals surface area contributed by atoms with E-state index in [4.69, 9.17) is 19.3 Å². The summed E-state index contributed by atoms with van der Waals surface area (Å²) in [5.74, 6) is -0.308. The third-order valence-electron chi connectivity index (χ3n) is 4.68. The van der Waals surface area contributed by atoms with E-state index >= 15 is 0 Å². The average molecular weight is 465 g/mol. The highest BCUT2D eigenvalue weighted by molar-refractivity contribution is 6.07. The van der Waals surface area contributed by atoms with Crippen LogP contribution in [0.3, 0.4) is 0 Å². The van der Waals surface area contributed by atoms with Crippen LogP contribution in [0.2, 0.25) is 0 Å². The number of aliphatic hydroxyl groups excluding tert-OH is 1. The van der Waals surface area contributed by atoms with Crippen LogP contribution >= 0.6 is 0 Å². The zero-order valence-electron chi connectivity index (χ0n) is 19.1. The van der Waals surface area contributed by atoms with Crippen LogP contribution in [0.1, 0.15) is 34.3 Å². The van der Waals surface area contributed by atoms with E-state index in [1.54, 1.807) is 42.5 Å². The van der Waals surface area contributed by atoms with Crippen molar-refractivity contribution in [2.75, 3.05) is 19.8 Å². The Hall–Kier alpha value is -3.97. The van der Waals surface area contributed by atoms with Gasteiger partial charge in [0.05, 0.1) is 25.4 Å². The fraction of sp³-hybridized carbons (Fsp3) is 0.222. The molecule has 0 aliphatic rings. The molecule has 2 aromatic carbocycles. The minimum atomic E-state index is -0.696. The molecule has 7 nitrogen and oxygen atoms in total. The second-order valence-corrected chi connectivity index (χ2v) is 7.32. The number of unbranched alkanes of at least 4 members (excludes halogenated alkanes) is 1. The zero-order chi connectivity index (χ0) is 24.9. The molecule has 2 rings (SSSR count). The Morgan fingerprint density at radius 2 is 1.68 bits per heavy atom. The lowest BCUT2D eigenvalue weighted by atomic mass is 10.0. The topological polar surface area (TPSA) is 99.1 Å². The zero-order valence-corrected chi connectivity index (χ0v) is 19.1. The fourth-order valence-electron chi connectivity index (χ4n) is 2.78. The first kappa shape index (κ1) is 26.3. The summed E-state index contributed by atoms with van der Waals surface area (Å²) in [5, 5.41) is 8.90. The van der Waals surface area contributed by atoms with Crippen molar-refractivity contribution in [1.82, 2.24) is 0 Å². The number of aliphatic hydroxyl groups is 1. The lowest BCUT2D eigenvalue weighted by Crippen LogP contribution is -2.12. The summed E-state index contributed by atoms with van der Waals surface area (Å²) in [6.07, 6.45) is 5.68. The van der Waals surface area contributed by atoms with Gasteiger partial charge in [-0.25, -0.2) is 9.59 Å². The summed E-state index contributed by atoms with van der Waals surface area (Å²) >= 11 is 0. The maximum absolute atomic E-state index is 12.6. The second-order valence-electron chi connectivity index (χ2n) is 7.32. The third-order valence-corrected chi connectivity index (χ3v) is 4.68. The van der Waals surface area contributed by atoms with E-state index in [1.165, 1.54) is 6.08 Å². The van der Waals surface area contributed by atoms with Crippen molar-refractivity contribution in [3.63, 3.8) is 0 Å². The van der Waals surface area contributed by atoms with Crippen molar-refractivity contribution in [1.29, 1.82) is 0 Å². The van der Waals surface area contributed by atoms with Gasteiger partial charge in [-0.1, -0.05) is 31.4 Å². The van der Waals surface area contributed by atoms with Crippen molar-refractivity contribution in [2.45, 2.75) is 19.8 Å². The standard InChI is InChI=1S/C27H28O7/c1-4-26(30)33-16-6-5-15-32-23-12-13-24(19(2)17-23)25(29)14-9-21-7-10-22(11-8-21)34-27(31)20(3)18-28/h4,7-14,17,28H,1,3,5-6,15-16,18H2,2H3/b14-9+. The van der Waals surface area contributed by atoms with E-state index in [1.807, 2.05) is 13.0 Å². The van der Waals surface area contributed by atoms with Gasteiger partial charge in [-0.3, -0.25) is 4.79 Å². The molecule has 0 amide bonds. The van der Waals surface area contributed by atoms with Crippen LogP contribution in [0, 0.1) is 6.92 Å². The maximum Gasteiger partial charge on any atom is 0.341 e. The molecule has 0 atom stereocenters. The number of carbonyl (C=O) groups is 3. The highest BCUT2D eigenvalue weighted by Crippen LogP contribution is 2.19. The summed E-state index contributed by atoms with van der Waals surface area (Å²) in [6.45, 7) is 8.91. The summed E-state index contributed by atoms with van der Waals surface area (Å²) in [4.78, 5) is 35.2. The summed E-state index contributed by atoms with van der Waals surface area (Å²) in [7, 11) is 0. The largest absolute Gasteiger partial charge is 0.494 e. The lowest BCUT2D eigenvalue weighted by Gasteiger charge is -2.09. The molecule has 178 valence electrons. The maximum atomic E-state index is 12.6. The average Bonchev–Trinajstić information content (AvgIpc) is 2.84. The SMILES string of the molecule is C=CC(=O)OCCCCOc1ccc(C(=O)/C=C/c2ccc(OC(=O)C(=C)CO)cc2)c(C)c1. The number of ether oxygens (including phenoxy) is 3. The van der Waals surface area contributed by atoms with E-state index in [2.05, 4.69) is 13.2 Å². The smallest absolute Gasteiger partial charge is 0.341 e. The van der Waals surface area contributed by atoms with Gasteiger partial charge in [0, 0.05) is 11.6 Å². The normalized spacial score (nSPS) is 10.5. The molecule has 0 aliphatic heterocycles. The number of hydrogen-bond acceptors (Lipinski definition) is 7.